The molecule has 1 saturated heterocycles. The summed E-state index contributed by atoms with van der Waals surface area (Å²) in [6, 6.07) is 7.55. The van der Waals surface area contributed by atoms with E-state index in [4.69, 9.17) is 28.4 Å². The van der Waals surface area contributed by atoms with Crippen LogP contribution in [-0.2, 0) is 28.5 Å². The normalized spacial score (nSPS) is 31.2. The van der Waals surface area contributed by atoms with Crippen LogP contribution in [0.5, 0.6) is 23.0 Å². The van der Waals surface area contributed by atoms with Crippen LogP contribution in [0.15, 0.2) is 59.9 Å². The van der Waals surface area contributed by atoms with E-state index in [-0.39, 0.29) is 42.5 Å². The summed E-state index contributed by atoms with van der Waals surface area (Å²) in [5, 5.41) is 81.2. The molecular weight excluding hydrogens is 676 g/mol. The van der Waals surface area contributed by atoms with Crippen LogP contribution in [0.3, 0.4) is 0 Å². The number of benzene rings is 2. The molecule has 0 radical (unpaired) electrons. The van der Waals surface area contributed by atoms with Crippen LogP contribution in [-0.4, -0.2) is 117 Å². The molecule has 6 rings (SSSR count). The number of rotatable bonds is 11. The van der Waals surface area contributed by atoms with E-state index in [0.29, 0.717) is 28.0 Å². The monoisotopic (exact) mass is 714 g/mol. The molecule has 2 aromatic carbocycles. The van der Waals surface area contributed by atoms with E-state index in [1.807, 2.05) is 0 Å². The lowest BCUT2D eigenvalue weighted by Gasteiger charge is -2.42. The third kappa shape index (κ3) is 7.12. The van der Waals surface area contributed by atoms with Gasteiger partial charge in [0.1, 0.15) is 48.6 Å². The minimum Gasteiger partial charge on any atom is -0.508 e. The molecule has 0 spiro atoms. The van der Waals surface area contributed by atoms with Crippen molar-refractivity contribution >= 4 is 18.0 Å². The van der Waals surface area contributed by atoms with Crippen molar-refractivity contribution in [1.82, 2.24) is 0 Å². The fraction of sp³-hybridized carbons (Fsp3) is 0.429. The van der Waals surface area contributed by atoms with Crippen LogP contribution in [0.25, 0.3) is 6.08 Å². The Kier molecular flexibility index (Phi) is 10.5. The second kappa shape index (κ2) is 14.9. The van der Waals surface area contributed by atoms with Crippen LogP contribution in [0.1, 0.15) is 35.1 Å². The Morgan fingerprint density at radius 3 is 2.47 bits per heavy atom. The zero-order valence-corrected chi connectivity index (χ0v) is 27.1. The maximum absolute atomic E-state index is 12.9. The van der Waals surface area contributed by atoms with E-state index < -0.39 is 79.4 Å². The highest BCUT2D eigenvalue weighted by molar-refractivity contribution is 5.88. The Hall–Kier alpha value is -4.68. The van der Waals surface area contributed by atoms with E-state index in [0.717, 1.165) is 12.3 Å². The van der Waals surface area contributed by atoms with E-state index in [1.165, 1.54) is 31.4 Å². The predicted octanol–water partition coefficient (Wildman–Crippen LogP) is 0.576. The number of aromatic hydroxyl groups is 2. The van der Waals surface area contributed by atoms with E-state index in [9.17, 15) is 50.4 Å². The molecule has 1 aliphatic carbocycles. The second-order valence-corrected chi connectivity index (χ2v) is 12.6. The molecule has 4 aliphatic rings. The topological polar surface area (TPSA) is 251 Å². The quantitative estimate of drug-likeness (QED) is 0.0900. The lowest BCUT2D eigenvalue weighted by Crippen LogP contribution is -2.60. The minimum atomic E-state index is -1.73. The van der Waals surface area contributed by atoms with Gasteiger partial charge in [-0.25, -0.2) is 9.59 Å². The number of aliphatic hydroxyl groups excluding tert-OH is 5. The van der Waals surface area contributed by atoms with Crippen molar-refractivity contribution in [2.45, 2.75) is 55.4 Å². The van der Waals surface area contributed by atoms with E-state index >= 15 is 0 Å². The third-order valence-electron chi connectivity index (χ3n) is 9.48. The maximum atomic E-state index is 12.9. The number of carboxylic acids is 1. The fourth-order valence-corrected chi connectivity index (χ4v) is 6.89. The number of fused-ring (bicyclic) bond motifs is 2. The van der Waals surface area contributed by atoms with Gasteiger partial charge in [-0.2, -0.15) is 0 Å². The molecule has 3 heterocycles. The number of hydrogen-bond acceptors (Lipinski definition) is 15. The fourth-order valence-electron chi connectivity index (χ4n) is 6.89. The predicted molar refractivity (Wildman–Crippen MR) is 171 cm³/mol. The van der Waals surface area contributed by atoms with Gasteiger partial charge in [-0.1, -0.05) is 6.08 Å². The molecule has 0 aromatic heterocycles. The third-order valence-corrected chi connectivity index (χ3v) is 9.48. The summed E-state index contributed by atoms with van der Waals surface area (Å²) < 4.78 is 33.5. The lowest BCUT2D eigenvalue weighted by atomic mass is 9.83. The van der Waals surface area contributed by atoms with Crippen LogP contribution in [0.4, 0.5) is 0 Å². The number of allylic oxidation sites excluding steroid dienone is 1. The van der Waals surface area contributed by atoms with Crippen molar-refractivity contribution in [3.05, 3.63) is 76.6 Å². The number of hydrogen-bond donors (Lipinski definition) is 8. The molecule has 274 valence electrons. The number of carbonyl (C=O) groups is 2. The second-order valence-electron chi connectivity index (χ2n) is 12.6. The average Bonchev–Trinajstić information content (AvgIpc) is 3.72. The van der Waals surface area contributed by atoms with Crippen molar-refractivity contribution < 1.29 is 78.9 Å². The molecule has 1 fully saturated rings. The Morgan fingerprint density at radius 1 is 0.980 bits per heavy atom. The van der Waals surface area contributed by atoms with Crippen LogP contribution >= 0.6 is 0 Å². The van der Waals surface area contributed by atoms with Gasteiger partial charge in [-0.05, 0) is 47.9 Å². The summed E-state index contributed by atoms with van der Waals surface area (Å²) >= 11 is 0. The number of ether oxygens (including phenoxy) is 6. The highest BCUT2D eigenvalue weighted by atomic mass is 16.8. The molecular formula is C35H38O16. The van der Waals surface area contributed by atoms with Gasteiger partial charge in [0, 0.05) is 29.2 Å². The molecule has 0 unspecified atom stereocenters. The molecule has 2 aromatic rings. The molecule has 16 heteroatoms. The number of aliphatic carboxylic acids is 1. The summed E-state index contributed by atoms with van der Waals surface area (Å²) in [6.07, 6.45) is -4.42. The van der Waals surface area contributed by atoms with Crippen molar-refractivity contribution in [2.75, 3.05) is 26.9 Å². The first-order valence-electron chi connectivity index (χ1n) is 16.0. The number of phenolic OH excluding ortho intramolecular Hbond substituents is 2. The van der Waals surface area contributed by atoms with E-state index in [1.54, 1.807) is 18.2 Å². The van der Waals surface area contributed by atoms with Crippen molar-refractivity contribution in [2.24, 2.45) is 11.8 Å². The Morgan fingerprint density at radius 2 is 1.76 bits per heavy atom. The summed E-state index contributed by atoms with van der Waals surface area (Å²) in [4.78, 5) is 24.8. The van der Waals surface area contributed by atoms with Crippen LogP contribution < -0.4 is 9.47 Å². The lowest BCUT2D eigenvalue weighted by molar-refractivity contribution is -0.339. The standard InChI is InChI=1S/C35H38O16/c1-46-19-9-17(8-18(38)10-19)31-22(11-36)21-6-15(7-24(39)32(21)50-31)2-5-26(40)47-13-16-3-4-20-23(33(44)45)14-48-34(27(16)20)51-35-30(43)29(42)28(41)25(12-37)49-35/h2-3,5-10,14,20,22,25,27-31,34-39,41-43H,4,11-13H2,1H3,(H,44,45)/b5-2+/t20-,22-,25-,27-,28-,29+,30-,31+,34+,35+/m1/s1. The molecule has 0 amide bonds. The van der Waals surface area contributed by atoms with Gasteiger partial charge in [-0.15, -0.1) is 0 Å². The zero-order valence-electron chi connectivity index (χ0n) is 27.1. The first-order valence-corrected chi connectivity index (χ1v) is 16.0. The average molecular weight is 715 g/mol. The number of methoxy groups -OCH3 is 1. The van der Waals surface area contributed by atoms with Gasteiger partial charge in [0.05, 0.1) is 44.0 Å². The van der Waals surface area contributed by atoms with Crippen LogP contribution in [0, 0.1) is 11.8 Å². The highest BCUT2D eigenvalue weighted by Crippen LogP contribution is 2.51. The maximum Gasteiger partial charge on any atom is 0.335 e. The van der Waals surface area contributed by atoms with E-state index in [2.05, 4.69) is 0 Å². The van der Waals surface area contributed by atoms with Crippen LogP contribution in [0.2, 0.25) is 0 Å². The molecule has 0 saturated carbocycles. The Bertz CT molecular complexity index is 1730. The largest absolute Gasteiger partial charge is 0.508 e. The molecule has 16 nitrogen and oxygen atoms in total. The minimum absolute atomic E-state index is 0.0573. The molecule has 8 N–H and O–H groups in total. The summed E-state index contributed by atoms with van der Waals surface area (Å²) in [7, 11) is 1.44. The molecule has 3 aliphatic heterocycles. The first kappa shape index (κ1) is 36.1. The van der Waals surface area contributed by atoms with Gasteiger partial charge in [-0.3, -0.25) is 0 Å². The summed E-state index contributed by atoms with van der Waals surface area (Å²) in [6.45, 7) is -1.33. The summed E-state index contributed by atoms with van der Waals surface area (Å²) in [5.41, 5.74) is 1.78. The Labute approximate surface area is 290 Å². The Balaban J connectivity index is 1.14. The molecule has 51 heavy (non-hydrogen) atoms. The van der Waals surface area contributed by atoms with Crippen molar-refractivity contribution in [3.8, 4) is 23.0 Å². The molecule has 10 atom stereocenters. The van der Waals surface area contributed by atoms with Gasteiger partial charge in [0.2, 0.25) is 6.29 Å². The number of esters is 1. The smallest absolute Gasteiger partial charge is 0.335 e. The van der Waals surface area contributed by atoms with Gasteiger partial charge >= 0.3 is 11.9 Å². The zero-order chi connectivity index (χ0) is 36.6. The number of carbonyl (C=O) groups excluding carboxylic acids is 1. The first-order chi connectivity index (χ1) is 24.4. The number of aliphatic hydroxyl groups is 5. The van der Waals surface area contributed by atoms with Crippen molar-refractivity contribution in [3.63, 3.8) is 0 Å². The SMILES string of the molecule is COc1cc(O)cc([C@@H]2Oc3c(O)cc(/C=C/C(=O)OCC4=CC[C@@H]5C(C(=O)O)=CO[C@@H](O[C@@H]6O[C@H](CO)[C@@H](O)[C@H](O)[C@H]6O)[C@H]45)cc3[C@H]2CO)c1. The number of phenols is 2. The number of carboxylic acid groups (broad SMARTS) is 1. The van der Waals surface area contributed by atoms with Gasteiger partial charge in [0.15, 0.2) is 17.8 Å². The van der Waals surface area contributed by atoms with Gasteiger partial charge < -0.3 is 69.3 Å². The van der Waals surface area contributed by atoms with Gasteiger partial charge in [0.25, 0.3) is 0 Å². The van der Waals surface area contributed by atoms with Crippen molar-refractivity contribution in [1.29, 1.82) is 0 Å². The molecule has 0 bridgehead atoms. The highest BCUT2D eigenvalue weighted by Gasteiger charge is 2.50. The summed E-state index contributed by atoms with van der Waals surface area (Å²) in [5.74, 6) is -3.88.